The Morgan fingerprint density at radius 1 is 1.69 bits per heavy atom. The fraction of sp³-hybridized carbons (Fsp3) is 0.250. The summed E-state index contributed by atoms with van der Waals surface area (Å²) in [7, 11) is 1.31. The molecule has 0 aliphatic carbocycles. The topological polar surface area (TPSA) is 90.1 Å². The maximum atomic E-state index is 11.1. The Kier molecular flexibility index (Phi) is 3.10. The van der Waals surface area contributed by atoms with E-state index in [1.807, 2.05) is 0 Å². The van der Waals surface area contributed by atoms with Crippen molar-refractivity contribution in [3.05, 3.63) is 23.3 Å². The van der Waals surface area contributed by atoms with E-state index in [9.17, 15) is 4.79 Å². The van der Waals surface area contributed by atoms with Crippen molar-refractivity contribution in [1.82, 2.24) is 15.1 Å². The average molecular weight is 240 g/mol. The Morgan fingerprint density at radius 3 is 3.25 bits per heavy atom. The molecule has 0 bridgehead atoms. The number of nitrogens with one attached hydrogen (secondary N) is 1. The number of carbonyl (C=O) groups excluding carboxylic acids is 1. The molecule has 0 saturated heterocycles. The third-order valence-electron chi connectivity index (χ3n) is 1.70. The molecule has 0 amide bonds. The van der Waals surface area contributed by atoms with Crippen molar-refractivity contribution < 1.29 is 14.1 Å². The van der Waals surface area contributed by atoms with E-state index in [1.165, 1.54) is 24.8 Å². The largest absolute Gasteiger partial charge is 0.464 e. The molecule has 0 saturated carbocycles. The van der Waals surface area contributed by atoms with Crippen LogP contribution in [0.15, 0.2) is 16.3 Å². The summed E-state index contributed by atoms with van der Waals surface area (Å²) in [6.07, 6.45) is 1.25. The SMILES string of the molecule is COC(=O)c1csc(NCc2ncon2)n1. The fourth-order valence-corrected chi connectivity index (χ4v) is 1.66. The summed E-state index contributed by atoms with van der Waals surface area (Å²) in [5.74, 6) is 0.0682. The van der Waals surface area contributed by atoms with Gasteiger partial charge < -0.3 is 14.6 Å². The number of nitrogens with zero attached hydrogens (tertiary/aromatic N) is 3. The van der Waals surface area contributed by atoms with Gasteiger partial charge in [0.15, 0.2) is 16.6 Å². The van der Waals surface area contributed by atoms with Gasteiger partial charge in [0, 0.05) is 5.38 Å². The molecule has 0 atom stereocenters. The summed E-state index contributed by atoms with van der Waals surface area (Å²) >= 11 is 1.31. The zero-order valence-corrected chi connectivity index (χ0v) is 9.15. The van der Waals surface area contributed by atoms with Gasteiger partial charge >= 0.3 is 5.97 Å². The van der Waals surface area contributed by atoms with Crippen LogP contribution in [0.5, 0.6) is 0 Å². The van der Waals surface area contributed by atoms with Gasteiger partial charge in [-0.25, -0.2) is 9.78 Å². The fourth-order valence-electron chi connectivity index (χ4n) is 0.978. The Morgan fingerprint density at radius 2 is 2.56 bits per heavy atom. The number of hydrogen-bond acceptors (Lipinski definition) is 8. The first-order valence-electron chi connectivity index (χ1n) is 4.32. The molecule has 0 aliphatic heterocycles. The number of aromatic nitrogens is 3. The number of rotatable bonds is 4. The van der Waals surface area contributed by atoms with Crippen LogP contribution in [0.25, 0.3) is 0 Å². The molecular weight excluding hydrogens is 232 g/mol. The zero-order chi connectivity index (χ0) is 11.4. The monoisotopic (exact) mass is 240 g/mol. The second-order valence-corrected chi connectivity index (χ2v) is 3.59. The van der Waals surface area contributed by atoms with E-state index in [-0.39, 0.29) is 5.69 Å². The van der Waals surface area contributed by atoms with Gasteiger partial charge in [-0.15, -0.1) is 11.3 Å². The molecule has 0 aromatic carbocycles. The highest BCUT2D eigenvalue weighted by Crippen LogP contribution is 2.16. The molecule has 84 valence electrons. The van der Waals surface area contributed by atoms with Crippen LogP contribution in [0.4, 0.5) is 5.13 Å². The number of carbonyl (C=O) groups is 1. The molecule has 7 nitrogen and oxygen atoms in total. The van der Waals surface area contributed by atoms with Gasteiger partial charge in [-0.05, 0) is 0 Å². The number of thiazole rings is 1. The first kappa shape index (κ1) is 10.6. The van der Waals surface area contributed by atoms with Crippen LogP contribution in [0.2, 0.25) is 0 Å². The number of methoxy groups -OCH3 is 1. The summed E-state index contributed by atoms with van der Waals surface area (Å²) in [6.45, 7) is 0.393. The van der Waals surface area contributed by atoms with Crippen molar-refractivity contribution >= 4 is 22.4 Å². The molecule has 2 heterocycles. The molecule has 2 aromatic rings. The van der Waals surface area contributed by atoms with Crippen LogP contribution in [0.3, 0.4) is 0 Å². The minimum atomic E-state index is -0.455. The van der Waals surface area contributed by atoms with Crippen molar-refractivity contribution in [2.75, 3.05) is 12.4 Å². The predicted octanol–water partition coefficient (Wildman–Crippen LogP) is 0.925. The minimum absolute atomic E-state index is 0.281. The van der Waals surface area contributed by atoms with E-state index in [1.54, 1.807) is 5.38 Å². The van der Waals surface area contributed by atoms with Gasteiger partial charge in [0.05, 0.1) is 13.7 Å². The van der Waals surface area contributed by atoms with E-state index in [0.29, 0.717) is 17.5 Å². The summed E-state index contributed by atoms with van der Waals surface area (Å²) in [6, 6.07) is 0. The van der Waals surface area contributed by atoms with Gasteiger partial charge in [0.25, 0.3) is 0 Å². The lowest BCUT2D eigenvalue weighted by molar-refractivity contribution is 0.0595. The van der Waals surface area contributed by atoms with Crippen LogP contribution in [0.1, 0.15) is 16.3 Å². The summed E-state index contributed by atoms with van der Waals surface area (Å²) in [4.78, 5) is 19.0. The summed E-state index contributed by atoms with van der Waals surface area (Å²) in [5.41, 5.74) is 0.281. The zero-order valence-electron chi connectivity index (χ0n) is 8.34. The van der Waals surface area contributed by atoms with Crippen molar-refractivity contribution in [3.8, 4) is 0 Å². The summed E-state index contributed by atoms with van der Waals surface area (Å²) < 4.78 is 9.11. The van der Waals surface area contributed by atoms with Gasteiger partial charge in [0.2, 0.25) is 6.39 Å². The number of esters is 1. The molecule has 16 heavy (non-hydrogen) atoms. The second kappa shape index (κ2) is 4.71. The first-order valence-corrected chi connectivity index (χ1v) is 5.20. The Balaban J connectivity index is 1.95. The van der Waals surface area contributed by atoms with Crippen LogP contribution in [0, 0.1) is 0 Å². The Bertz CT molecular complexity index is 467. The van der Waals surface area contributed by atoms with Crippen LogP contribution in [-0.4, -0.2) is 28.2 Å². The van der Waals surface area contributed by atoms with E-state index < -0.39 is 5.97 Å². The number of anilines is 1. The molecule has 0 fully saturated rings. The Hall–Kier alpha value is -1.96. The molecule has 0 spiro atoms. The van der Waals surface area contributed by atoms with Crippen molar-refractivity contribution in [2.45, 2.75) is 6.54 Å². The van der Waals surface area contributed by atoms with Crippen LogP contribution in [-0.2, 0) is 11.3 Å². The minimum Gasteiger partial charge on any atom is -0.464 e. The van der Waals surface area contributed by atoms with Gasteiger partial charge in [0.1, 0.15) is 0 Å². The van der Waals surface area contributed by atoms with E-state index >= 15 is 0 Å². The van der Waals surface area contributed by atoms with Crippen molar-refractivity contribution in [1.29, 1.82) is 0 Å². The maximum Gasteiger partial charge on any atom is 0.357 e. The van der Waals surface area contributed by atoms with Crippen molar-refractivity contribution in [3.63, 3.8) is 0 Å². The molecule has 0 aliphatic rings. The molecule has 2 rings (SSSR count). The highest BCUT2D eigenvalue weighted by Gasteiger charge is 2.10. The normalized spacial score (nSPS) is 10.1. The predicted molar refractivity (Wildman–Crippen MR) is 55.1 cm³/mol. The number of hydrogen-bond donors (Lipinski definition) is 1. The van der Waals surface area contributed by atoms with Crippen LogP contribution < -0.4 is 5.32 Å². The lowest BCUT2D eigenvalue weighted by Crippen LogP contribution is -2.03. The molecular formula is C8H8N4O3S. The lowest BCUT2D eigenvalue weighted by Gasteiger charge is -1.96. The van der Waals surface area contributed by atoms with E-state index in [4.69, 9.17) is 0 Å². The molecule has 1 N–H and O–H groups in total. The van der Waals surface area contributed by atoms with Crippen molar-refractivity contribution in [2.24, 2.45) is 0 Å². The van der Waals surface area contributed by atoms with Gasteiger partial charge in [-0.2, -0.15) is 4.98 Å². The molecule has 2 aromatic heterocycles. The molecule has 0 unspecified atom stereocenters. The lowest BCUT2D eigenvalue weighted by atomic mass is 10.5. The average Bonchev–Trinajstić information content (AvgIpc) is 2.96. The van der Waals surface area contributed by atoms with E-state index in [0.717, 1.165) is 0 Å². The first-order chi connectivity index (χ1) is 7.79. The molecule has 8 heteroatoms. The highest BCUT2D eigenvalue weighted by molar-refractivity contribution is 7.13. The Labute approximate surface area is 94.5 Å². The van der Waals surface area contributed by atoms with E-state index in [2.05, 4.69) is 29.7 Å². The second-order valence-electron chi connectivity index (χ2n) is 2.73. The van der Waals surface area contributed by atoms with Gasteiger partial charge in [-0.3, -0.25) is 0 Å². The standard InChI is InChI=1S/C8H8N4O3S/c1-14-7(13)5-3-16-8(11-5)9-2-6-10-4-15-12-6/h3-4H,2H2,1H3,(H,9,11). The maximum absolute atomic E-state index is 11.1. The quantitative estimate of drug-likeness (QED) is 0.795. The highest BCUT2D eigenvalue weighted by atomic mass is 32.1. The van der Waals surface area contributed by atoms with Gasteiger partial charge in [-0.1, -0.05) is 5.16 Å². The number of ether oxygens (including phenoxy) is 1. The smallest absolute Gasteiger partial charge is 0.357 e. The molecule has 0 radical (unpaired) electrons. The third kappa shape index (κ3) is 2.34. The third-order valence-corrected chi connectivity index (χ3v) is 2.50. The summed E-state index contributed by atoms with van der Waals surface area (Å²) in [5, 5.41) is 8.80. The van der Waals surface area contributed by atoms with Crippen LogP contribution >= 0.6 is 11.3 Å².